The maximum atomic E-state index is 6.84. The van der Waals surface area contributed by atoms with Gasteiger partial charge < -0.3 is 33.2 Å². The minimum absolute atomic E-state index is 0.0245. The Balaban J connectivity index is 1.34. The van der Waals surface area contributed by atoms with E-state index >= 15 is 0 Å². The Labute approximate surface area is 196 Å². The summed E-state index contributed by atoms with van der Waals surface area (Å²) in [6, 6.07) is 0. The Morgan fingerprint density at radius 2 is 1.87 bits per heavy atom. The summed E-state index contributed by atoms with van der Waals surface area (Å²) in [6.07, 6.45) is 2.64. The van der Waals surface area contributed by atoms with Crippen molar-refractivity contribution in [1.82, 2.24) is 0 Å². The lowest BCUT2D eigenvalue weighted by Gasteiger charge is -2.47. The molecule has 0 saturated carbocycles. The van der Waals surface area contributed by atoms with Gasteiger partial charge in [0.2, 0.25) is 11.6 Å². The SMILES string of the molecule is C=C(Br)C[C@H](Cl)CC[C@]12O[C@H]3[C@H]4O[C@@H](CC)CC[C@@H]4OC4[C@H]3OC3(O[C@@H](C)O[C@H]31)[C@@H]4O2. The molecule has 12 atom stereocenters. The van der Waals surface area contributed by atoms with Crippen LogP contribution in [-0.4, -0.2) is 72.1 Å². The van der Waals surface area contributed by atoms with Crippen molar-refractivity contribution in [2.24, 2.45) is 0 Å². The lowest BCUT2D eigenvalue weighted by molar-refractivity contribution is -0.326. The average Bonchev–Trinajstić information content (AvgIpc) is 3.23. The van der Waals surface area contributed by atoms with Gasteiger partial charge in [-0.3, -0.25) is 0 Å². The van der Waals surface area contributed by atoms with Crippen LogP contribution in [0.4, 0.5) is 0 Å². The fraction of sp³-hybridized carbons (Fsp3) is 0.909. The number of hydrogen-bond donors (Lipinski definition) is 0. The van der Waals surface area contributed by atoms with Crippen molar-refractivity contribution in [2.75, 3.05) is 0 Å². The molecule has 0 aliphatic carbocycles. The first-order chi connectivity index (χ1) is 14.8. The Morgan fingerprint density at radius 3 is 2.65 bits per heavy atom. The molecular weight excluding hydrogens is 492 g/mol. The summed E-state index contributed by atoms with van der Waals surface area (Å²) in [4.78, 5) is 0. The van der Waals surface area contributed by atoms with Crippen molar-refractivity contribution >= 4 is 27.5 Å². The second-order valence-corrected chi connectivity index (χ2v) is 11.4. The highest BCUT2D eigenvalue weighted by Crippen LogP contribution is 2.62. The second-order valence-electron chi connectivity index (χ2n) is 9.64. The summed E-state index contributed by atoms with van der Waals surface area (Å²) in [5.74, 6) is -2.02. The topological polar surface area (TPSA) is 64.6 Å². The minimum Gasteiger partial charge on any atom is -0.369 e. The van der Waals surface area contributed by atoms with E-state index in [4.69, 9.17) is 44.8 Å². The van der Waals surface area contributed by atoms with Crippen LogP contribution in [0.5, 0.6) is 0 Å². The van der Waals surface area contributed by atoms with Crippen LogP contribution in [0.1, 0.15) is 52.4 Å². The van der Waals surface area contributed by atoms with Crippen molar-refractivity contribution in [3.05, 3.63) is 11.1 Å². The van der Waals surface area contributed by atoms with Gasteiger partial charge in [-0.1, -0.05) is 29.4 Å². The van der Waals surface area contributed by atoms with E-state index in [0.29, 0.717) is 19.3 Å². The normalized spacial score (nSPS) is 55.0. The van der Waals surface area contributed by atoms with Gasteiger partial charge in [0.05, 0.1) is 12.2 Å². The predicted molar refractivity (Wildman–Crippen MR) is 114 cm³/mol. The van der Waals surface area contributed by atoms with Gasteiger partial charge in [0.15, 0.2) is 12.4 Å². The molecule has 0 aromatic heterocycles. The molecule has 6 bridgehead atoms. The molecule has 7 rings (SSSR count). The van der Waals surface area contributed by atoms with Crippen LogP contribution in [0.25, 0.3) is 0 Å². The van der Waals surface area contributed by atoms with Gasteiger partial charge in [-0.05, 0) is 43.5 Å². The van der Waals surface area contributed by atoms with Crippen LogP contribution in [0.15, 0.2) is 11.1 Å². The minimum atomic E-state index is -1.01. The van der Waals surface area contributed by atoms with Crippen molar-refractivity contribution < 1.29 is 33.2 Å². The van der Waals surface area contributed by atoms with E-state index < -0.39 is 30.1 Å². The van der Waals surface area contributed by atoms with E-state index in [9.17, 15) is 0 Å². The lowest BCUT2D eigenvalue weighted by atomic mass is 9.86. The van der Waals surface area contributed by atoms with E-state index in [2.05, 4.69) is 29.4 Å². The zero-order valence-corrected chi connectivity index (χ0v) is 20.2. The summed E-state index contributed by atoms with van der Waals surface area (Å²) in [5, 5.41) is -0.0962. The molecule has 7 heterocycles. The van der Waals surface area contributed by atoms with Gasteiger partial charge in [-0.2, -0.15) is 0 Å². The third kappa shape index (κ3) is 3.17. The molecule has 0 N–H and O–H groups in total. The standard InChI is InChI=1S/C22H30BrClO7/c1-4-13-5-6-14-15(26-13)16-17-18(27-14)19-22(30-17)20(25-11(3)28-22)21(29-16,31-19)8-7-12(24)9-10(2)23/h11-20H,2,4-9H2,1,3H3/t11-,12+,13-,14-,15-,16-,17-,18?,19+,20-,21+,22?/m0/s1. The molecule has 7 aliphatic heterocycles. The number of hydrogen-bond acceptors (Lipinski definition) is 7. The molecule has 0 aromatic rings. The predicted octanol–water partition coefficient (Wildman–Crippen LogP) is 3.75. The van der Waals surface area contributed by atoms with Gasteiger partial charge in [-0.15, -0.1) is 11.6 Å². The van der Waals surface area contributed by atoms with Crippen LogP contribution in [-0.2, 0) is 33.2 Å². The molecule has 7 saturated heterocycles. The fourth-order valence-corrected chi connectivity index (χ4v) is 7.22. The molecule has 7 fully saturated rings. The quantitative estimate of drug-likeness (QED) is 0.493. The summed E-state index contributed by atoms with van der Waals surface area (Å²) >= 11 is 10.00. The zero-order valence-electron chi connectivity index (χ0n) is 17.8. The van der Waals surface area contributed by atoms with Crippen molar-refractivity contribution in [1.29, 1.82) is 0 Å². The van der Waals surface area contributed by atoms with E-state index in [1.807, 2.05) is 6.92 Å². The monoisotopic (exact) mass is 520 g/mol. The Kier molecular flexibility index (Phi) is 5.34. The van der Waals surface area contributed by atoms with Crippen LogP contribution in [0, 0.1) is 0 Å². The number of halogens is 2. The smallest absolute Gasteiger partial charge is 0.233 e. The summed E-state index contributed by atoms with van der Waals surface area (Å²) in [6.45, 7) is 7.94. The zero-order chi connectivity index (χ0) is 21.5. The molecule has 9 heteroatoms. The third-order valence-corrected chi connectivity index (χ3v) is 8.31. The van der Waals surface area contributed by atoms with Crippen molar-refractivity contribution in [2.45, 2.75) is 124 Å². The number of ether oxygens (including phenoxy) is 7. The number of allylic oxidation sites excluding steroid dienone is 1. The number of rotatable bonds is 6. The van der Waals surface area contributed by atoms with Crippen LogP contribution < -0.4 is 0 Å². The number of alkyl halides is 1. The highest BCUT2D eigenvalue weighted by molar-refractivity contribution is 9.11. The van der Waals surface area contributed by atoms with Gasteiger partial charge in [0.25, 0.3) is 0 Å². The first kappa shape index (κ1) is 21.7. The fourth-order valence-electron chi connectivity index (χ4n) is 6.35. The maximum Gasteiger partial charge on any atom is 0.233 e. The van der Waals surface area contributed by atoms with Gasteiger partial charge in [0, 0.05) is 11.8 Å². The molecule has 0 amide bonds. The summed E-state index contributed by atoms with van der Waals surface area (Å²) < 4.78 is 46.4. The van der Waals surface area contributed by atoms with Crippen LogP contribution in [0.3, 0.4) is 0 Å². The molecule has 174 valence electrons. The van der Waals surface area contributed by atoms with Gasteiger partial charge in [0.1, 0.15) is 30.5 Å². The first-order valence-electron chi connectivity index (χ1n) is 11.5. The Morgan fingerprint density at radius 1 is 1.06 bits per heavy atom. The van der Waals surface area contributed by atoms with E-state index in [-0.39, 0.29) is 42.0 Å². The van der Waals surface area contributed by atoms with E-state index in [1.54, 1.807) is 0 Å². The molecule has 31 heavy (non-hydrogen) atoms. The molecule has 7 nitrogen and oxygen atoms in total. The highest BCUT2D eigenvalue weighted by Gasteiger charge is 2.82. The lowest BCUT2D eigenvalue weighted by Crippen LogP contribution is -2.62. The molecule has 1 spiro atoms. The third-order valence-electron chi connectivity index (χ3n) is 7.62. The molecule has 7 aliphatic rings. The first-order valence-corrected chi connectivity index (χ1v) is 12.7. The van der Waals surface area contributed by atoms with Crippen LogP contribution >= 0.6 is 27.5 Å². The van der Waals surface area contributed by atoms with E-state index in [0.717, 1.165) is 23.7 Å². The average molecular weight is 522 g/mol. The van der Waals surface area contributed by atoms with Gasteiger partial charge in [-0.25, -0.2) is 0 Å². The molecular formula is C22H30BrClO7. The Hall–Kier alpha value is 0.230. The molecule has 0 aromatic carbocycles. The van der Waals surface area contributed by atoms with E-state index in [1.165, 1.54) is 0 Å². The van der Waals surface area contributed by atoms with Crippen LogP contribution in [0.2, 0.25) is 0 Å². The Bertz CT molecular complexity index is 755. The largest absolute Gasteiger partial charge is 0.369 e. The summed E-state index contributed by atoms with van der Waals surface area (Å²) in [7, 11) is 0. The molecule has 2 unspecified atom stereocenters. The second kappa shape index (κ2) is 7.62. The maximum absolute atomic E-state index is 6.84. The molecule has 0 radical (unpaired) electrons. The summed E-state index contributed by atoms with van der Waals surface area (Å²) in [5.41, 5.74) is 0. The number of fused-ring (bicyclic) bond motifs is 1. The highest BCUT2D eigenvalue weighted by atomic mass is 79.9. The van der Waals surface area contributed by atoms with Crippen molar-refractivity contribution in [3.63, 3.8) is 0 Å². The van der Waals surface area contributed by atoms with Gasteiger partial charge >= 0.3 is 0 Å². The van der Waals surface area contributed by atoms with Crippen molar-refractivity contribution in [3.8, 4) is 0 Å².